The van der Waals surface area contributed by atoms with E-state index in [4.69, 9.17) is 25.8 Å². The van der Waals surface area contributed by atoms with Crippen LogP contribution in [0.1, 0.15) is 32.3 Å². The smallest absolute Gasteiger partial charge is 0.320 e. The number of hydrogen-bond donors (Lipinski definition) is 0. The quantitative estimate of drug-likeness (QED) is 0.272. The minimum absolute atomic E-state index is 0.0554. The minimum Gasteiger partial charge on any atom is -0.465 e. The molecule has 7 nitrogen and oxygen atoms in total. The van der Waals surface area contributed by atoms with Crippen molar-refractivity contribution in [1.29, 1.82) is 0 Å². The second kappa shape index (κ2) is 10.6. The number of carbonyl (C=O) groups is 3. The molecule has 0 aliphatic heterocycles. The predicted molar refractivity (Wildman–Crippen MR) is 103 cm³/mol. The SMILES string of the molecule is CCOC(=O)C(CCC(=O)OCc1cc2ccccc2nc1Cl)C(=O)OCC. The fraction of sp³-hybridized carbons (Fsp3) is 0.400. The van der Waals surface area contributed by atoms with Crippen molar-refractivity contribution in [1.82, 2.24) is 4.98 Å². The van der Waals surface area contributed by atoms with E-state index in [9.17, 15) is 14.4 Å². The lowest BCUT2D eigenvalue weighted by Gasteiger charge is -2.14. The highest BCUT2D eigenvalue weighted by Gasteiger charge is 2.30. The molecule has 0 radical (unpaired) electrons. The molecule has 0 amide bonds. The molecule has 0 saturated heterocycles. The Bertz CT molecular complexity index is 836. The molecule has 2 aromatic rings. The van der Waals surface area contributed by atoms with Gasteiger partial charge in [-0.15, -0.1) is 0 Å². The van der Waals surface area contributed by atoms with E-state index in [1.807, 2.05) is 24.3 Å². The summed E-state index contributed by atoms with van der Waals surface area (Å²) >= 11 is 6.14. The van der Waals surface area contributed by atoms with E-state index in [2.05, 4.69) is 4.98 Å². The molecule has 0 atom stereocenters. The maximum Gasteiger partial charge on any atom is 0.320 e. The van der Waals surface area contributed by atoms with Crippen molar-refractivity contribution in [3.63, 3.8) is 0 Å². The standard InChI is InChI=1S/C20H22ClNO6/c1-3-26-19(24)15(20(25)27-4-2)9-10-17(23)28-12-14-11-13-7-5-6-8-16(13)22-18(14)21/h5-8,11,15H,3-4,9-10,12H2,1-2H3. The first-order valence-corrected chi connectivity index (χ1v) is 9.37. The van der Waals surface area contributed by atoms with Crippen LogP contribution >= 0.6 is 11.6 Å². The fourth-order valence-electron chi connectivity index (χ4n) is 2.55. The van der Waals surface area contributed by atoms with Crippen molar-refractivity contribution in [2.45, 2.75) is 33.3 Å². The zero-order valence-corrected chi connectivity index (χ0v) is 16.5. The minimum atomic E-state index is -1.15. The average molecular weight is 408 g/mol. The van der Waals surface area contributed by atoms with Crippen LogP contribution in [0, 0.1) is 5.92 Å². The van der Waals surface area contributed by atoms with Gasteiger partial charge in [-0.1, -0.05) is 29.8 Å². The summed E-state index contributed by atoms with van der Waals surface area (Å²) in [4.78, 5) is 40.2. The highest BCUT2D eigenvalue weighted by molar-refractivity contribution is 6.30. The van der Waals surface area contributed by atoms with Crippen molar-refractivity contribution in [3.05, 3.63) is 41.0 Å². The molecule has 0 spiro atoms. The number of ether oxygens (including phenoxy) is 3. The van der Waals surface area contributed by atoms with Gasteiger partial charge in [0, 0.05) is 17.4 Å². The first kappa shape index (κ1) is 21.6. The Morgan fingerprint density at radius 2 is 1.68 bits per heavy atom. The Balaban J connectivity index is 1.94. The summed E-state index contributed by atoms with van der Waals surface area (Å²) in [6.07, 6.45) is -0.193. The van der Waals surface area contributed by atoms with Gasteiger partial charge in [0.25, 0.3) is 0 Å². The Hall–Kier alpha value is -2.67. The van der Waals surface area contributed by atoms with Gasteiger partial charge >= 0.3 is 17.9 Å². The van der Waals surface area contributed by atoms with Gasteiger partial charge in [-0.2, -0.15) is 0 Å². The van der Waals surface area contributed by atoms with Crippen LogP contribution < -0.4 is 0 Å². The Morgan fingerprint density at radius 1 is 1.04 bits per heavy atom. The van der Waals surface area contributed by atoms with Crippen molar-refractivity contribution < 1.29 is 28.6 Å². The van der Waals surface area contributed by atoms with E-state index in [1.54, 1.807) is 19.9 Å². The third kappa shape index (κ3) is 5.92. The number of benzene rings is 1. The van der Waals surface area contributed by atoms with Crippen LogP contribution in [0.25, 0.3) is 10.9 Å². The highest BCUT2D eigenvalue weighted by atomic mass is 35.5. The lowest BCUT2D eigenvalue weighted by Crippen LogP contribution is -2.29. The van der Waals surface area contributed by atoms with Gasteiger partial charge in [0.05, 0.1) is 18.7 Å². The maximum atomic E-state index is 12.1. The normalized spacial score (nSPS) is 10.7. The molecule has 1 aromatic heterocycles. The number of fused-ring (bicyclic) bond motifs is 1. The van der Waals surface area contributed by atoms with Gasteiger partial charge in [0.2, 0.25) is 0 Å². The molecule has 2 rings (SSSR count). The van der Waals surface area contributed by atoms with Crippen molar-refractivity contribution in [3.8, 4) is 0 Å². The number of carbonyl (C=O) groups excluding carboxylic acids is 3. The monoisotopic (exact) mass is 407 g/mol. The highest BCUT2D eigenvalue weighted by Crippen LogP contribution is 2.21. The number of esters is 3. The van der Waals surface area contributed by atoms with E-state index in [0.29, 0.717) is 5.56 Å². The number of halogens is 1. The molecule has 1 aromatic carbocycles. The third-order valence-electron chi connectivity index (χ3n) is 3.92. The van der Waals surface area contributed by atoms with Crippen LogP contribution in [0.5, 0.6) is 0 Å². The van der Waals surface area contributed by atoms with E-state index < -0.39 is 23.8 Å². The summed E-state index contributed by atoms with van der Waals surface area (Å²) in [5.41, 5.74) is 1.32. The van der Waals surface area contributed by atoms with Crippen molar-refractivity contribution in [2.24, 2.45) is 5.92 Å². The van der Waals surface area contributed by atoms with Crippen LogP contribution in [0.15, 0.2) is 30.3 Å². The molecule has 0 aliphatic carbocycles. The van der Waals surface area contributed by atoms with Crippen molar-refractivity contribution >= 4 is 40.4 Å². The molecule has 28 heavy (non-hydrogen) atoms. The van der Waals surface area contributed by atoms with E-state index in [-0.39, 0.29) is 37.8 Å². The lowest BCUT2D eigenvalue weighted by molar-refractivity contribution is -0.162. The molecule has 0 saturated carbocycles. The Labute approximate surface area is 167 Å². The molecule has 150 valence electrons. The number of aromatic nitrogens is 1. The van der Waals surface area contributed by atoms with Gasteiger partial charge < -0.3 is 14.2 Å². The topological polar surface area (TPSA) is 91.8 Å². The van der Waals surface area contributed by atoms with Crippen LogP contribution in [0.2, 0.25) is 5.15 Å². The van der Waals surface area contributed by atoms with Gasteiger partial charge in [0.15, 0.2) is 5.92 Å². The van der Waals surface area contributed by atoms with E-state index >= 15 is 0 Å². The first-order valence-electron chi connectivity index (χ1n) is 8.99. The molecule has 8 heteroatoms. The molecule has 0 aliphatic rings. The van der Waals surface area contributed by atoms with Gasteiger partial charge in [0.1, 0.15) is 11.8 Å². The zero-order valence-electron chi connectivity index (χ0n) is 15.8. The fourth-order valence-corrected chi connectivity index (χ4v) is 2.75. The summed E-state index contributed by atoms with van der Waals surface area (Å²) in [7, 11) is 0. The summed E-state index contributed by atoms with van der Waals surface area (Å²) in [5, 5.41) is 1.13. The molecular formula is C20H22ClNO6. The van der Waals surface area contributed by atoms with E-state index in [1.165, 1.54) is 0 Å². The Morgan fingerprint density at radius 3 is 2.32 bits per heavy atom. The lowest BCUT2D eigenvalue weighted by atomic mass is 10.0. The first-order chi connectivity index (χ1) is 13.5. The zero-order chi connectivity index (χ0) is 20.5. The number of hydrogen-bond acceptors (Lipinski definition) is 7. The maximum absolute atomic E-state index is 12.1. The number of pyridine rings is 1. The molecule has 0 fully saturated rings. The van der Waals surface area contributed by atoms with Gasteiger partial charge in [-0.3, -0.25) is 14.4 Å². The van der Waals surface area contributed by atoms with E-state index in [0.717, 1.165) is 10.9 Å². The van der Waals surface area contributed by atoms with Crippen LogP contribution in [-0.4, -0.2) is 36.1 Å². The second-order valence-electron chi connectivity index (χ2n) is 5.89. The van der Waals surface area contributed by atoms with Crippen LogP contribution in [-0.2, 0) is 35.2 Å². The van der Waals surface area contributed by atoms with Gasteiger partial charge in [-0.25, -0.2) is 4.98 Å². The summed E-state index contributed by atoms with van der Waals surface area (Å²) in [6, 6.07) is 9.25. The molecule has 0 unspecified atom stereocenters. The van der Waals surface area contributed by atoms with Crippen LogP contribution in [0.4, 0.5) is 0 Å². The Kier molecular flexibility index (Phi) is 8.19. The molecular weight excluding hydrogens is 386 g/mol. The third-order valence-corrected chi connectivity index (χ3v) is 4.25. The molecule has 0 N–H and O–H groups in total. The summed E-state index contributed by atoms with van der Waals surface area (Å²) < 4.78 is 15.0. The molecule has 1 heterocycles. The van der Waals surface area contributed by atoms with Crippen LogP contribution in [0.3, 0.4) is 0 Å². The summed E-state index contributed by atoms with van der Waals surface area (Å²) in [6.45, 7) is 3.48. The predicted octanol–water partition coefficient (Wildman–Crippen LogP) is 3.45. The number of rotatable bonds is 9. The van der Waals surface area contributed by atoms with Crippen molar-refractivity contribution in [2.75, 3.05) is 13.2 Å². The van der Waals surface area contributed by atoms with Gasteiger partial charge in [-0.05, 0) is 32.4 Å². The average Bonchev–Trinajstić information content (AvgIpc) is 2.67. The number of nitrogens with zero attached hydrogens (tertiary/aromatic N) is 1. The largest absolute Gasteiger partial charge is 0.465 e. The summed E-state index contributed by atoms with van der Waals surface area (Å²) in [5.74, 6) is -3.15. The number of para-hydroxylation sites is 1. The molecule has 0 bridgehead atoms. The second-order valence-corrected chi connectivity index (χ2v) is 6.25.